The Bertz CT molecular complexity index is 346. The lowest BCUT2D eigenvalue weighted by molar-refractivity contribution is -0.159. The number of amides is 1. The summed E-state index contributed by atoms with van der Waals surface area (Å²) in [6, 6.07) is 0. The van der Waals surface area contributed by atoms with Gasteiger partial charge in [0.25, 0.3) is 0 Å². The van der Waals surface area contributed by atoms with E-state index in [1.54, 1.807) is 4.90 Å². The zero-order chi connectivity index (χ0) is 13.8. The minimum Gasteiger partial charge on any atom is -0.479 e. The molecular weight excluding hydrogens is 250 g/mol. The third kappa shape index (κ3) is 3.91. The molecule has 2 heterocycles. The molecule has 6 nitrogen and oxygen atoms in total. The Hall–Kier alpha value is -1.14. The summed E-state index contributed by atoms with van der Waals surface area (Å²) < 4.78 is 10.8. The van der Waals surface area contributed by atoms with Crippen molar-refractivity contribution in [2.24, 2.45) is 0 Å². The molecule has 2 aliphatic rings. The van der Waals surface area contributed by atoms with E-state index in [-0.39, 0.29) is 18.6 Å². The lowest BCUT2D eigenvalue weighted by atomic mass is 10.1. The van der Waals surface area contributed by atoms with Crippen molar-refractivity contribution >= 4 is 11.9 Å². The molecule has 1 N–H and O–H groups in total. The second-order valence-electron chi connectivity index (χ2n) is 5.22. The number of carbonyl (C=O) groups is 2. The van der Waals surface area contributed by atoms with Crippen molar-refractivity contribution in [2.45, 2.75) is 50.9 Å². The van der Waals surface area contributed by atoms with Crippen molar-refractivity contribution in [2.75, 3.05) is 19.7 Å². The molecule has 6 heteroatoms. The van der Waals surface area contributed by atoms with Crippen molar-refractivity contribution in [1.29, 1.82) is 0 Å². The summed E-state index contributed by atoms with van der Waals surface area (Å²) in [5.41, 5.74) is 0. The molecule has 0 aromatic rings. The largest absolute Gasteiger partial charge is 0.479 e. The minimum absolute atomic E-state index is 0.00213. The second-order valence-corrected chi connectivity index (χ2v) is 5.22. The van der Waals surface area contributed by atoms with Crippen LogP contribution in [0.15, 0.2) is 0 Å². The van der Waals surface area contributed by atoms with Crippen LogP contribution in [0.25, 0.3) is 0 Å². The van der Waals surface area contributed by atoms with Crippen LogP contribution in [0.5, 0.6) is 0 Å². The van der Waals surface area contributed by atoms with Gasteiger partial charge < -0.3 is 19.5 Å². The molecule has 2 rings (SSSR count). The summed E-state index contributed by atoms with van der Waals surface area (Å²) in [5, 5.41) is 8.89. The Labute approximate surface area is 112 Å². The zero-order valence-electron chi connectivity index (χ0n) is 11.2. The Morgan fingerprint density at radius 3 is 2.79 bits per heavy atom. The topological polar surface area (TPSA) is 76.1 Å². The van der Waals surface area contributed by atoms with Crippen molar-refractivity contribution < 1.29 is 24.2 Å². The molecule has 0 aromatic heterocycles. The second kappa shape index (κ2) is 6.34. The first-order valence-electron chi connectivity index (χ1n) is 6.84. The van der Waals surface area contributed by atoms with Crippen LogP contribution in [-0.2, 0) is 19.1 Å². The lowest BCUT2D eigenvalue weighted by Gasteiger charge is -2.31. The van der Waals surface area contributed by atoms with E-state index in [1.165, 1.54) is 0 Å². The van der Waals surface area contributed by atoms with Gasteiger partial charge in [0.05, 0.1) is 25.4 Å². The predicted octanol–water partition coefficient (Wildman–Crippen LogP) is 0.646. The van der Waals surface area contributed by atoms with Crippen molar-refractivity contribution in [3.05, 3.63) is 0 Å². The van der Waals surface area contributed by atoms with E-state index in [1.807, 2.05) is 6.92 Å². The SMILES string of the molecule is C[C@@H]1CC[C@H](CCC(=O)N2CCO[C@@H](C(=O)O)C2)O1. The first-order chi connectivity index (χ1) is 9.06. The van der Waals surface area contributed by atoms with Crippen LogP contribution < -0.4 is 0 Å². The van der Waals surface area contributed by atoms with E-state index < -0.39 is 12.1 Å². The third-order valence-electron chi connectivity index (χ3n) is 3.69. The van der Waals surface area contributed by atoms with Crippen molar-refractivity contribution in [1.82, 2.24) is 4.90 Å². The molecule has 0 spiro atoms. The molecule has 19 heavy (non-hydrogen) atoms. The average molecular weight is 271 g/mol. The molecule has 108 valence electrons. The number of morpholine rings is 1. The van der Waals surface area contributed by atoms with Crippen LogP contribution in [-0.4, -0.2) is 59.9 Å². The first kappa shape index (κ1) is 14.3. The van der Waals surface area contributed by atoms with Gasteiger partial charge in [-0.3, -0.25) is 4.79 Å². The maximum atomic E-state index is 12.0. The highest BCUT2D eigenvalue weighted by Gasteiger charge is 2.29. The highest BCUT2D eigenvalue weighted by molar-refractivity contribution is 5.78. The summed E-state index contributed by atoms with van der Waals surface area (Å²) in [6.45, 7) is 2.96. The maximum Gasteiger partial charge on any atom is 0.334 e. The number of rotatable bonds is 4. The number of carbonyl (C=O) groups excluding carboxylic acids is 1. The molecule has 0 radical (unpaired) electrons. The van der Waals surface area contributed by atoms with Gasteiger partial charge in [-0.05, 0) is 26.2 Å². The molecular formula is C13H21NO5. The molecule has 0 unspecified atom stereocenters. The van der Waals surface area contributed by atoms with Gasteiger partial charge >= 0.3 is 5.97 Å². The molecule has 0 aromatic carbocycles. The van der Waals surface area contributed by atoms with Gasteiger partial charge in [-0.1, -0.05) is 0 Å². The fourth-order valence-corrected chi connectivity index (χ4v) is 2.57. The maximum absolute atomic E-state index is 12.0. The standard InChI is InChI=1S/C13H21NO5/c1-9-2-3-10(19-9)4-5-12(15)14-6-7-18-11(8-14)13(16)17/h9-11H,2-8H2,1H3,(H,16,17)/t9-,10-,11-/m1/s1. The number of carboxylic acids is 1. The summed E-state index contributed by atoms with van der Waals surface area (Å²) in [4.78, 5) is 24.5. The number of hydrogen-bond acceptors (Lipinski definition) is 4. The predicted molar refractivity (Wildman–Crippen MR) is 66.8 cm³/mol. The van der Waals surface area contributed by atoms with Gasteiger partial charge in [0.2, 0.25) is 5.91 Å². The van der Waals surface area contributed by atoms with E-state index in [4.69, 9.17) is 14.6 Å². The number of aliphatic carboxylic acids is 1. The zero-order valence-corrected chi connectivity index (χ0v) is 11.2. The van der Waals surface area contributed by atoms with Crippen molar-refractivity contribution in [3.8, 4) is 0 Å². The third-order valence-corrected chi connectivity index (χ3v) is 3.69. The lowest BCUT2D eigenvalue weighted by Crippen LogP contribution is -2.48. The van der Waals surface area contributed by atoms with E-state index in [0.717, 1.165) is 19.3 Å². The van der Waals surface area contributed by atoms with E-state index in [0.29, 0.717) is 25.7 Å². The smallest absolute Gasteiger partial charge is 0.334 e. The number of nitrogens with zero attached hydrogens (tertiary/aromatic N) is 1. The number of hydrogen-bond donors (Lipinski definition) is 1. The average Bonchev–Trinajstić information content (AvgIpc) is 2.82. The van der Waals surface area contributed by atoms with Crippen LogP contribution in [0.3, 0.4) is 0 Å². The number of carboxylic acid groups (broad SMARTS) is 1. The molecule has 0 bridgehead atoms. The van der Waals surface area contributed by atoms with E-state index in [9.17, 15) is 9.59 Å². The van der Waals surface area contributed by atoms with Crippen LogP contribution in [0, 0.1) is 0 Å². The van der Waals surface area contributed by atoms with Gasteiger partial charge in [0, 0.05) is 13.0 Å². The summed E-state index contributed by atoms with van der Waals surface area (Å²) in [6.07, 6.45) is 2.78. The fourth-order valence-electron chi connectivity index (χ4n) is 2.57. The highest BCUT2D eigenvalue weighted by Crippen LogP contribution is 2.23. The van der Waals surface area contributed by atoms with Crippen molar-refractivity contribution in [3.63, 3.8) is 0 Å². The Morgan fingerprint density at radius 1 is 1.37 bits per heavy atom. The van der Waals surface area contributed by atoms with E-state index >= 15 is 0 Å². The van der Waals surface area contributed by atoms with Crippen LogP contribution in [0.4, 0.5) is 0 Å². The quantitative estimate of drug-likeness (QED) is 0.812. The van der Waals surface area contributed by atoms with Gasteiger partial charge in [0.15, 0.2) is 6.10 Å². The normalized spacial score (nSPS) is 31.4. The molecule has 0 saturated carbocycles. The molecule has 2 saturated heterocycles. The molecule has 1 amide bonds. The van der Waals surface area contributed by atoms with Gasteiger partial charge in [0.1, 0.15) is 0 Å². The summed E-state index contributed by atoms with van der Waals surface area (Å²) >= 11 is 0. The minimum atomic E-state index is -1.01. The Balaban J connectivity index is 1.74. The van der Waals surface area contributed by atoms with Gasteiger partial charge in [-0.2, -0.15) is 0 Å². The van der Waals surface area contributed by atoms with Crippen LogP contribution in [0.1, 0.15) is 32.6 Å². The van der Waals surface area contributed by atoms with Gasteiger partial charge in [-0.25, -0.2) is 4.79 Å². The fraction of sp³-hybridized carbons (Fsp3) is 0.846. The van der Waals surface area contributed by atoms with Gasteiger partial charge in [-0.15, -0.1) is 0 Å². The molecule has 3 atom stereocenters. The number of ether oxygens (including phenoxy) is 2. The first-order valence-corrected chi connectivity index (χ1v) is 6.84. The Morgan fingerprint density at radius 2 is 2.16 bits per heavy atom. The molecule has 0 aliphatic carbocycles. The Kier molecular flexibility index (Phi) is 4.76. The molecule has 2 aliphatic heterocycles. The monoisotopic (exact) mass is 271 g/mol. The van der Waals surface area contributed by atoms with Crippen LogP contribution >= 0.6 is 0 Å². The van der Waals surface area contributed by atoms with Crippen LogP contribution in [0.2, 0.25) is 0 Å². The van der Waals surface area contributed by atoms with E-state index in [2.05, 4.69) is 0 Å². The molecule has 2 fully saturated rings. The summed E-state index contributed by atoms with van der Waals surface area (Å²) in [5.74, 6) is -1.01. The summed E-state index contributed by atoms with van der Waals surface area (Å²) in [7, 11) is 0. The highest BCUT2D eigenvalue weighted by atomic mass is 16.5.